The van der Waals surface area contributed by atoms with Crippen molar-refractivity contribution in [2.24, 2.45) is 0 Å². The fourth-order valence-corrected chi connectivity index (χ4v) is 1.74. The summed E-state index contributed by atoms with van der Waals surface area (Å²) in [5, 5.41) is 12.1. The van der Waals surface area contributed by atoms with Gasteiger partial charge in [0.2, 0.25) is 0 Å². The Kier molecular flexibility index (Phi) is 4.60. The fourth-order valence-electron chi connectivity index (χ4n) is 1.36. The van der Waals surface area contributed by atoms with Crippen molar-refractivity contribution in [1.29, 1.82) is 5.26 Å². The lowest BCUT2D eigenvalue weighted by Crippen LogP contribution is -2.19. The van der Waals surface area contributed by atoms with Crippen LogP contribution < -0.4 is 10.1 Å². The number of hydrogen-bond donors (Lipinski definition) is 1. The molecule has 0 aliphatic rings. The molecule has 1 unspecified atom stereocenters. The normalized spacial score (nSPS) is 11.9. The molecule has 0 aliphatic carbocycles. The molecule has 0 bridgehead atoms. The molecule has 0 saturated heterocycles. The number of rotatable bonds is 4. The zero-order valence-electron chi connectivity index (χ0n) is 8.75. The minimum Gasteiger partial charge on any atom is -0.496 e. The molecule has 0 aromatic heterocycles. The minimum absolute atomic E-state index is 0.331. The van der Waals surface area contributed by atoms with Crippen molar-refractivity contribution in [3.8, 4) is 11.8 Å². The molecule has 3 nitrogen and oxygen atoms in total. The van der Waals surface area contributed by atoms with Crippen molar-refractivity contribution >= 4 is 15.9 Å². The van der Waals surface area contributed by atoms with E-state index in [1.807, 2.05) is 25.1 Å². The summed E-state index contributed by atoms with van der Waals surface area (Å²) in [6, 6.07) is 7.52. The molecule has 80 valence electrons. The van der Waals surface area contributed by atoms with Gasteiger partial charge in [-0.1, -0.05) is 22.9 Å². The van der Waals surface area contributed by atoms with E-state index in [1.165, 1.54) is 0 Å². The second-order valence-corrected chi connectivity index (χ2v) is 3.92. The number of hydrogen-bond acceptors (Lipinski definition) is 3. The van der Waals surface area contributed by atoms with E-state index in [1.54, 1.807) is 7.11 Å². The van der Waals surface area contributed by atoms with Gasteiger partial charge in [-0.15, -0.1) is 0 Å². The summed E-state index contributed by atoms with van der Waals surface area (Å²) < 4.78 is 6.16. The number of methoxy groups -OCH3 is 1. The van der Waals surface area contributed by atoms with Crippen molar-refractivity contribution < 1.29 is 4.74 Å². The van der Waals surface area contributed by atoms with Crippen molar-refractivity contribution in [3.63, 3.8) is 0 Å². The SMILES string of the molecule is CCNC(C#N)c1cc(Br)ccc1OC. The third kappa shape index (κ3) is 2.95. The van der Waals surface area contributed by atoms with Crippen LogP contribution in [0.3, 0.4) is 0 Å². The van der Waals surface area contributed by atoms with E-state index in [-0.39, 0.29) is 6.04 Å². The van der Waals surface area contributed by atoms with Gasteiger partial charge in [-0.2, -0.15) is 5.26 Å². The van der Waals surface area contributed by atoms with E-state index in [2.05, 4.69) is 27.3 Å². The van der Waals surface area contributed by atoms with E-state index < -0.39 is 0 Å². The van der Waals surface area contributed by atoms with Gasteiger partial charge in [0.05, 0.1) is 13.2 Å². The van der Waals surface area contributed by atoms with E-state index in [0.29, 0.717) is 0 Å². The number of nitrogens with zero attached hydrogens (tertiary/aromatic N) is 1. The summed E-state index contributed by atoms with van der Waals surface area (Å²) in [6.07, 6.45) is 0. The zero-order valence-corrected chi connectivity index (χ0v) is 10.3. The molecule has 1 N–H and O–H groups in total. The van der Waals surface area contributed by atoms with Gasteiger partial charge in [-0.3, -0.25) is 5.32 Å². The average Bonchev–Trinajstić information content (AvgIpc) is 2.26. The van der Waals surface area contributed by atoms with Crippen LogP contribution in [0.4, 0.5) is 0 Å². The Hall–Kier alpha value is -1.05. The smallest absolute Gasteiger partial charge is 0.124 e. The van der Waals surface area contributed by atoms with Crippen molar-refractivity contribution in [3.05, 3.63) is 28.2 Å². The van der Waals surface area contributed by atoms with Crippen LogP contribution in [0.5, 0.6) is 5.75 Å². The van der Waals surface area contributed by atoms with E-state index in [0.717, 1.165) is 22.3 Å². The lowest BCUT2D eigenvalue weighted by Gasteiger charge is -2.14. The monoisotopic (exact) mass is 268 g/mol. The Morgan fingerprint density at radius 1 is 1.60 bits per heavy atom. The predicted molar refractivity (Wildman–Crippen MR) is 62.7 cm³/mol. The summed E-state index contributed by atoms with van der Waals surface area (Å²) in [7, 11) is 1.60. The van der Waals surface area contributed by atoms with Crippen molar-refractivity contribution in [2.75, 3.05) is 13.7 Å². The molecule has 0 fully saturated rings. The largest absolute Gasteiger partial charge is 0.496 e. The highest BCUT2D eigenvalue weighted by molar-refractivity contribution is 9.10. The summed E-state index contributed by atoms with van der Waals surface area (Å²) in [6.45, 7) is 2.71. The highest BCUT2D eigenvalue weighted by Crippen LogP contribution is 2.28. The van der Waals surface area contributed by atoms with Crippen LogP contribution >= 0.6 is 15.9 Å². The maximum Gasteiger partial charge on any atom is 0.124 e. The van der Waals surface area contributed by atoms with E-state index in [4.69, 9.17) is 10.00 Å². The molecular weight excluding hydrogens is 256 g/mol. The first-order valence-corrected chi connectivity index (χ1v) is 5.48. The predicted octanol–water partition coefficient (Wildman–Crippen LogP) is 2.63. The number of halogens is 1. The summed E-state index contributed by atoms with van der Waals surface area (Å²) in [5.74, 6) is 0.728. The second-order valence-electron chi connectivity index (χ2n) is 3.01. The highest BCUT2D eigenvalue weighted by atomic mass is 79.9. The molecule has 15 heavy (non-hydrogen) atoms. The van der Waals surface area contributed by atoms with Gasteiger partial charge < -0.3 is 4.74 Å². The molecular formula is C11H13BrN2O. The molecule has 1 atom stereocenters. The first-order valence-electron chi connectivity index (χ1n) is 4.69. The van der Waals surface area contributed by atoms with E-state index in [9.17, 15) is 0 Å². The summed E-state index contributed by atoms with van der Waals surface area (Å²) in [4.78, 5) is 0. The molecule has 0 saturated carbocycles. The van der Waals surface area contributed by atoms with Gasteiger partial charge >= 0.3 is 0 Å². The van der Waals surface area contributed by atoms with E-state index >= 15 is 0 Å². The Balaban J connectivity index is 3.09. The Bertz CT molecular complexity index is 373. The molecule has 0 spiro atoms. The van der Waals surface area contributed by atoms with Crippen LogP contribution in [0.15, 0.2) is 22.7 Å². The van der Waals surface area contributed by atoms with Crippen LogP contribution in [0.25, 0.3) is 0 Å². The molecule has 0 aliphatic heterocycles. The lowest BCUT2D eigenvalue weighted by atomic mass is 10.1. The molecule has 1 aromatic carbocycles. The molecule has 4 heteroatoms. The first-order chi connectivity index (χ1) is 7.22. The quantitative estimate of drug-likeness (QED) is 0.913. The topological polar surface area (TPSA) is 45.0 Å². The Morgan fingerprint density at radius 2 is 2.33 bits per heavy atom. The van der Waals surface area contributed by atoms with Gasteiger partial charge in [0.1, 0.15) is 11.8 Å². The number of ether oxygens (including phenoxy) is 1. The summed E-state index contributed by atoms with van der Waals surface area (Å²) >= 11 is 3.38. The van der Waals surface area contributed by atoms with Crippen molar-refractivity contribution in [2.45, 2.75) is 13.0 Å². The number of benzene rings is 1. The van der Waals surface area contributed by atoms with Crippen molar-refractivity contribution in [1.82, 2.24) is 5.32 Å². The van der Waals surface area contributed by atoms with Crippen LogP contribution in [-0.2, 0) is 0 Å². The standard InChI is InChI=1S/C11H13BrN2O/c1-3-14-10(7-13)9-6-8(12)4-5-11(9)15-2/h4-6,10,14H,3H2,1-2H3. The average molecular weight is 269 g/mol. The maximum absolute atomic E-state index is 9.04. The highest BCUT2D eigenvalue weighted by Gasteiger charge is 2.14. The number of nitrogens with one attached hydrogen (secondary N) is 1. The number of nitriles is 1. The molecule has 0 heterocycles. The van der Waals surface area contributed by atoms with Gasteiger partial charge in [0.15, 0.2) is 0 Å². The second kappa shape index (κ2) is 5.74. The fraction of sp³-hybridized carbons (Fsp3) is 0.364. The maximum atomic E-state index is 9.04. The van der Waals surface area contributed by atoms with Crippen LogP contribution in [0.2, 0.25) is 0 Å². The van der Waals surface area contributed by atoms with Crippen LogP contribution in [-0.4, -0.2) is 13.7 Å². The van der Waals surface area contributed by atoms with Gasteiger partial charge in [0, 0.05) is 10.0 Å². The third-order valence-corrected chi connectivity index (χ3v) is 2.53. The summed E-state index contributed by atoms with van der Waals surface area (Å²) in [5.41, 5.74) is 0.858. The molecule has 0 amide bonds. The molecule has 1 aromatic rings. The third-order valence-electron chi connectivity index (χ3n) is 2.04. The molecule has 1 rings (SSSR count). The van der Waals surface area contributed by atoms with Gasteiger partial charge in [-0.05, 0) is 24.7 Å². The van der Waals surface area contributed by atoms with Crippen LogP contribution in [0, 0.1) is 11.3 Å². The van der Waals surface area contributed by atoms with Crippen LogP contribution in [0.1, 0.15) is 18.5 Å². The zero-order chi connectivity index (χ0) is 11.3. The Labute approximate surface area is 98.2 Å². The van der Waals surface area contributed by atoms with Gasteiger partial charge in [0.25, 0.3) is 0 Å². The Morgan fingerprint density at radius 3 is 2.87 bits per heavy atom. The molecule has 0 radical (unpaired) electrons. The lowest BCUT2D eigenvalue weighted by molar-refractivity contribution is 0.405. The minimum atomic E-state index is -0.331. The first kappa shape index (κ1) is 12.0. The van der Waals surface area contributed by atoms with Gasteiger partial charge in [-0.25, -0.2) is 0 Å².